The standard InChI is InChI=1S/C16H14N2OS/c1-18(13-9-7-12(11-17)8-10-13)16(19)14-5-3-4-6-15(14)20-2/h3-10H,1-2H3. The quantitative estimate of drug-likeness (QED) is 0.809. The fraction of sp³-hybridized carbons (Fsp3) is 0.125. The van der Waals surface area contributed by atoms with Gasteiger partial charge in [0.15, 0.2) is 0 Å². The number of benzene rings is 2. The number of thioether (sulfide) groups is 1. The summed E-state index contributed by atoms with van der Waals surface area (Å²) in [5, 5.41) is 8.79. The van der Waals surface area contributed by atoms with Gasteiger partial charge in [0.1, 0.15) is 0 Å². The van der Waals surface area contributed by atoms with Crippen molar-refractivity contribution >= 4 is 23.4 Å². The molecule has 0 spiro atoms. The molecule has 0 N–H and O–H groups in total. The van der Waals surface area contributed by atoms with E-state index in [0.717, 1.165) is 10.6 Å². The summed E-state index contributed by atoms with van der Waals surface area (Å²) in [6.45, 7) is 0. The van der Waals surface area contributed by atoms with Crippen molar-refractivity contribution in [2.24, 2.45) is 0 Å². The molecule has 2 aromatic carbocycles. The van der Waals surface area contributed by atoms with Gasteiger partial charge in [-0.3, -0.25) is 4.79 Å². The molecule has 2 rings (SSSR count). The van der Waals surface area contributed by atoms with E-state index in [0.29, 0.717) is 11.1 Å². The molecule has 0 heterocycles. The molecule has 0 aliphatic heterocycles. The molecular formula is C16H14N2OS. The predicted molar refractivity (Wildman–Crippen MR) is 82.1 cm³/mol. The van der Waals surface area contributed by atoms with Crippen LogP contribution in [0, 0.1) is 11.3 Å². The Labute approximate surface area is 122 Å². The summed E-state index contributed by atoms with van der Waals surface area (Å²) in [6.07, 6.45) is 1.95. The number of carbonyl (C=O) groups excluding carboxylic acids is 1. The molecule has 0 unspecified atom stereocenters. The van der Waals surface area contributed by atoms with Crippen LogP contribution in [0.3, 0.4) is 0 Å². The van der Waals surface area contributed by atoms with Crippen LogP contribution >= 0.6 is 11.8 Å². The van der Waals surface area contributed by atoms with E-state index in [1.165, 1.54) is 0 Å². The second-order valence-corrected chi connectivity index (χ2v) is 5.07. The molecule has 1 amide bonds. The van der Waals surface area contributed by atoms with Gasteiger partial charge in [0.25, 0.3) is 5.91 Å². The van der Waals surface area contributed by atoms with Crippen LogP contribution < -0.4 is 4.90 Å². The molecule has 4 heteroatoms. The van der Waals surface area contributed by atoms with Gasteiger partial charge in [-0.15, -0.1) is 11.8 Å². The van der Waals surface area contributed by atoms with Gasteiger partial charge in [-0.25, -0.2) is 0 Å². The van der Waals surface area contributed by atoms with Crippen molar-refractivity contribution in [3.8, 4) is 6.07 Å². The smallest absolute Gasteiger partial charge is 0.259 e. The number of carbonyl (C=O) groups is 1. The molecule has 2 aromatic rings. The Kier molecular flexibility index (Phi) is 4.44. The Balaban J connectivity index is 2.30. The predicted octanol–water partition coefficient (Wildman–Crippen LogP) is 3.56. The van der Waals surface area contributed by atoms with Crippen molar-refractivity contribution in [2.45, 2.75) is 4.90 Å². The SMILES string of the molecule is CSc1ccccc1C(=O)N(C)c1ccc(C#N)cc1. The second kappa shape index (κ2) is 6.27. The Morgan fingerprint density at radius 3 is 2.40 bits per heavy atom. The maximum atomic E-state index is 12.5. The molecule has 0 aromatic heterocycles. The maximum Gasteiger partial charge on any atom is 0.259 e. The Morgan fingerprint density at radius 1 is 1.15 bits per heavy atom. The number of rotatable bonds is 3. The zero-order valence-electron chi connectivity index (χ0n) is 11.3. The maximum absolute atomic E-state index is 12.5. The zero-order chi connectivity index (χ0) is 14.5. The molecule has 0 atom stereocenters. The summed E-state index contributed by atoms with van der Waals surface area (Å²) in [6, 6.07) is 16.6. The third-order valence-corrected chi connectivity index (χ3v) is 3.82. The monoisotopic (exact) mass is 282 g/mol. The van der Waals surface area contributed by atoms with Crippen LogP contribution in [0.4, 0.5) is 5.69 Å². The van der Waals surface area contributed by atoms with Crippen molar-refractivity contribution < 1.29 is 4.79 Å². The van der Waals surface area contributed by atoms with Crippen molar-refractivity contribution in [3.63, 3.8) is 0 Å². The molecule has 0 radical (unpaired) electrons. The highest BCUT2D eigenvalue weighted by Crippen LogP contribution is 2.23. The van der Waals surface area contributed by atoms with Gasteiger partial charge in [0, 0.05) is 17.6 Å². The molecule has 0 aliphatic carbocycles. The highest BCUT2D eigenvalue weighted by molar-refractivity contribution is 7.98. The van der Waals surface area contributed by atoms with Gasteiger partial charge in [-0.1, -0.05) is 12.1 Å². The largest absolute Gasteiger partial charge is 0.311 e. The number of nitrogens with zero attached hydrogens (tertiary/aromatic N) is 2. The first-order chi connectivity index (χ1) is 9.67. The van der Waals surface area contributed by atoms with E-state index in [4.69, 9.17) is 5.26 Å². The normalized spacial score (nSPS) is 9.85. The topological polar surface area (TPSA) is 44.1 Å². The summed E-state index contributed by atoms with van der Waals surface area (Å²) in [5.41, 5.74) is 2.04. The lowest BCUT2D eigenvalue weighted by molar-refractivity contribution is 0.0990. The second-order valence-electron chi connectivity index (χ2n) is 4.22. The minimum absolute atomic E-state index is 0.0559. The van der Waals surface area contributed by atoms with Crippen LogP contribution in [0.5, 0.6) is 0 Å². The number of nitriles is 1. The minimum atomic E-state index is -0.0559. The van der Waals surface area contributed by atoms with E-state index >= 15 is 0 Å². The third-order valence-electron chi connectivity index (χ3n) is 3.03. The lowest BCUT2D eigenvalue weighted by Gasteiger charge is -2.18. The summed E-state index contributed by atoms with van der Waals surface area (Å²) in [5.74, 6) is -0.0559. The van der Waals surface area contributed by atoms with Crippen molar-refractivity contribution in [2.75, 3.05) is 18.2 Å². The molecule has 100 valence electrons. The van der Waals surface area contributed by atoms with Gasteiger partial charge < -0.3 is 4.90 Å². The lowest BCUT2D eigenvalue weighted by atomic mass is 10.1. The summed E-state index contributed by atoms with van der Waals surface area (Å²) in [4.78, 5) is 15.1. The van der Waals surface area contributed by atoms with Crippen molar-refractivity contribution in [1.82, 2.24) is 0 Å². The van der Waals surface area contributed by atoms with Gasteiger partial charge in [-0.2, -0.15) is 5.26 Å². The average Bonchev–Trinajstić information content (AvgIpc) is 2.53. The summed E-state index contributed by atoms with van der Waals surface area (Å²) < 4.78 is 0. The fourth-order valence-corrected chi connectivity index (χ4v) is 2.47. The molecule has 0 saturated heterocycles. The summed E-state index contributed by atoms with van der Waals surface area (Å²) >= 11 is 1.55. The molecule has 0 bridgehead atoms. The van der Waals surface area contributed by atoms with Crippen LogP contribution in [0.1, 0.15) is 15.9 Å². The third kappa shape index (κ3) is 2.84. The Bertz CT molecular complexity index is 659. The molecule has 0 saturated carbocycles. The van der Waals surface area contributed by atoms with Gasteiger partial charge in [-0.05, 0) is 42.7 Å². The Hall–Kier alpha value is -2.25. The fourth-order valence-electron chi connectivity index (χ4n) is 1.88. The van der Waals surface area contributed by atoms with Gasteiger partial charge >= 0.3 is 0 Å². The Morgan fingerprint density at radius 2 is 1.80 bits per heavy atom. The van der Waals surface area contributed by atoms with Crippen LogP contribution in [0.25, 0.3) is 0 Å². The van der Waals surface area contributed by atoms with Crippen LogP contribution in [-0.2, 0) is 0 Å². The van der Waals surface area contributed by atoms with Crippen molar-refractivity contribution in [1.29, 1.82) is 5.26 Å². The first-order valence-electron chi connectivity index (χ1n) is 6.08. The van der Waals surface area contributed by atoms with Crippen LogP contribution in [0.15, 0.2) is 53.4 Å². The number of hydrogen-bond donors (Lipinski definition) is 0. The van der Waals surface area contributed by atoms with E-state index in [-0.39, 0.29) is 5.91 Å². The molecule has 0 aliphatic rings. The first-order valence-corrected chi connectivity index (χ1v) is 7.31. The van der Waals surface area contributed by atoms with Gasteiger partial charge in [0.2, 0.25) is 0 Å². The number of amides is 1. The number of hydrogen-bond acceptors (Lipinski definition) is 3. The van der Waals surface area contributed by atoms with Crippen molar-refractivity contribution in [3.05, 3.63) is 59.7 Å². The van der Waals surface area contributed by atoms with E-state index < -0.39 is 0 Å². The molecule has 20 heavy (non-hydrogen) atoms. The van der Waals surface area contributed by atoms with E-state index in [1.807, 2.05) is 30.5 Å². The zero-order valence-corrected chi connectivity index (χ0v) is 12.1. The minimum Gasteiger partial charge on any atom is -0.311 e. The first kappa shape index (κ1) is 14.2. The summed E-state index contributed by atoms with van der Waals surface area (Å²) in [7, 11) is 1.74. The highest BCUT2D eigenvalue weighted by atomic mass is 32.2. The van der Waals surface area contributed by atoms with E-state index in [9.17, 15) is 4.79 Å². The molecule has 3 nitrogen and oxygen atoms in total. The number of anilines is 1. The van der Waals surface area contributed by atoms with Gasteiger partial charge in [0.05, 0.1) is 17.2 Å². The average molecular weight is 282 g/mol. The molecule has 0 fully saturated rings. The van der Waals surface area contributed by atoms with Crippen LogP contribution in [-0.4, -0.2) is 19.2 Å². The highest BCUT2D eigenvalue weighted by Gasteiger charge is 2.16. The van der Waals surface area contributed by atoms with Crippen LogP contribution in [0.2, 0.25) is 0 Å². The molecular weight excluding hydrogens is 268 g/mol. The van der Waals surface area contributed by atoms with E-state index in [1.54, 1.807) is 48.0 Å². The van der Waals surface area contributed by atoms with E-state index in [2.05, 4.69) is 6.07 Å². The lowest BCUT2D eigenvalue weighted by Crippen LogP contribution is -2.26.